The molecule has 0 aliphatic carbocycles. The Morgan fingerprint density at radius 3 is 2.83 bits per heavy atom. The SMILES string of the molecule is CCOc1ccc(C(F)(F)F)cc1NC(=O)N1CCC[C@@H]1CO. The maximum absolute atomic E-state index is 12.8. The quantitative estimate of drug-likeness (QED) is 0.891. The topological polar surface area (TPSA) is 61.8 Å². The van der Waals surface area contributed by atoms with Crippen LogP contribution < -0.4 is 10.1 Å². The number of aliphatic hydroxyl groups is 1. The second-order valence-electron chi connectivity index (χ2n) is 5.24. The highest BCUT2D eigenvalue weighted by Crippen LogP contribution is 2.35. The van der Waals surface area contributed by atoms with Crippen LogP contribution in [0.15, 0.2) is 18.2 Å². The summed E-state index contributed by atoms with van der Waals surface area (Å²) in [4.78, 5) is 13.7. The molecule has 1 aromatic rings. The molecular formula is C15H19F3N2O3. The summed E-state index contributed by atoms with van der Waals surface area (Å²) in [6.45, 7) is 2.25. The zero-order valence-electron chi connectivity index (χ0n) is 12.7. The Kier molecular flexibility index (Phi) is 5.35. The molecule has 0 bridgehead atoms. The standard InChI is InChI=1S/C15H19F3N2O3/c1-2-23-13-6-5-10(15(16,17)18)8-12(13)19-14(22)20-7-3-4-11(20)9-21/h5-6,8,11,21H,2-4,7,9H2,1H3,(H,19,22)/t11-/m1/s1. The number of hydrogen-bond acceptors (Lipinski definition) is 3. The van der Waals surface area contributed by atoms with Gasteiger partial charge in [-0.1, -0.05) is 0 Å². The highest BCUT2D eigenvalue weighted by molar-refractivity contribution is 5.91. The normalized spacial score (nSPS) is 18.1. The number of carbonyl (C=O) groups excluding carboxylic acids is 1. The van der Waals surface area contributed by atoms with Crippen molar-refractivity contribution in [2.75, 3.05) is 25.1 Å². The van der Waals surface area contributed by atoms with E-state index in [9.17, 15) is 23.1 Å². The van der Waals surface area contributed by atoms with E-state index in [1.165, 1.54) is 11.0 Å². The van der Waals surface area contributed by atoms with Crippen molar-refractivity contribution in [2.45, 2.75) is 32.0 Å². The summed E-state index contributed by atoms with van der Waals surface area (Å²) >= 11 is 0. The molecule has 5 nitrogen and oxygen atoms in total. The van der Waals surface area contributed by atoms with Gasteiger partial charge in [0.15, 0.2) is 0 Å². The monoisotopic (exact) mass is 332 g/mol. The Morgan fingerprint density at radius 1 is 1.48 bits per heavy atom. The van der Waals surface area contributed by atoms with Crippen LogP contribution in [0.5, 0.6) is 5.75 Å². The number of nitrogens with zero attached hydrogens (tertiary/aromatic N) is 1. The van der Waals surface area contributed by atoms with Crippen LogP contribution in [0.3, 0.4) is 0 Å². The molecule has 8 heteroatoms. The Morgan fingerprint density at radius 2 is 2.22 bits per heavy atom. The molecule has 23 heavy (non-hydrogen) atoms. The predicted octanol–water partition coefficient (Wildman–Crippen LogP) is 3.09. The third-order valence-electron chi connectivity index (χ3n) is 3.70. The first-order chi connectivity index (χ1) is 10.9. The lowest BCUT2D eigenvalue weighted by atomic mass is 10.1. The van der Waals surface area contributed by atoms with E-state index in [2.05, 4.69) is 5.32 Å². The maximum Gasteiger partial charge on any atom is 0.416 e. The number of anilines is 1. The number of nitrogens with one attached hydrogen (secondary N) is 1. The molecule has 0 spiro atoms. The molecule has 0 radical (unpaired) electrons. The minimum atomic E-state index is -4.51. The fraction of sp³-hybridized carbons (Fsp3) is 0.533. The van der Waals surface area contributed by atoms with Crippen molar-refractivity contribution in [3.63, 3.8) is 0 Å². The van der Waals surface area contributed by atoms with E-state index in [-0.39, 0.29) is 30.7 Å². The molecule has 1 aliphatic heterocycles. The predicted molar refractivity (Wildman–Crippen MR) is 78.4 cm³/mol. The van der Waals surface area contributed by atoms with Crippen molar-refractivity contribution in [1.82, 2.24) is 4.90 Å². The average molecular weight is 332 g/mol. The number of amides is 2. The van der Waals surface area contributed by atoms with Crippen molar-refractivity contribution in [1.29, 1.82) is 0 Å². The Hall–Kier alpha value is -1.96. The van der Waals surface area contributed by atoms with Gasteiger partial charge < -0.3 is 20.1 Å². The molecule has 0 unspecified atom stereocenters. The summed E-state index contributed by atoms with van der Waals surface area (Å²) in [6.07, 6.45) is -3.09. The van der Waals surface area contributed by atoms with Gasteiger partial charge in [-0.25, -0.2) is 4.79 Å². The van der Waals surface area contributed by atoms with Gasteiger partial charge in [-0.3, -0.25) is 0 Å². The van der Waals surface area contributed by atoms with Crippen LogP contribution in [0.25, 0.3) is 0 Å². The van der Waals surface area contributed by atoms with Crippen LogP contribution in [0, 0.1) is 0 Å². The second kappa shape index (κ2) is 7.08. The van der Waals surface area contributed by atoms with Crippen LogP contribution in [0.2, 0.25) is 0 Å². The number of likely N-dealkylation sites (tertiary alicyclic amines) is 1. The highest BCUT2D eigenvalue weighted by atomic mass is 19.4. The summed E-state index contributed by atoms with van der Waals surface area (Å²) in [5.74, 6) is 0.175. The van der Waals surface area contributed by atoms with Gasteiger partial charge in [0.1, 0.15) is 5.75 Å². The Labute approximate surface area is 132 Å². The number of alkyl halides is 3. The van der Waals surface area contributed by atoms with E-state index in [1.807, 2.05) is 0 Å². The number of hydrogen-bond donors (Lipinski definition) is 2. The molecule has 1 fully saturated rings. The summed E-state index contributed by atoms with van der Waals surface area (Å²) in [6, 6.07) is 2.10. The van der Waals surface area contributed by atoms with Crippen LogP contribution in [0.1, 0.15) is 25.3 Å². The van der Waals surface area contributed by atoms with E-state index in [1.54, 1.807) is 6.92 Å². The van der Waals surface area contributed by atoms with Gasteiger partial charge in [0, 0.05) is 6.54 Å². The number of rotatable bonds is 4. The van der Waals surface area contributed by atoms with Gasteiger partial charge >= 0.3 is 12.2 Å². The van der Waals surface area contributed by atoms with Crippen molar-refractivity contribution in [3.05, 3.63) is 23.8 Å². The molecule has 1 atom stereocenters. The first kappa shape index (κ1) is 17.4. The lowest BCUT2D eigenvalue weighted by molar-refractivity contribution is -0.137. The molecule has 2 rings (SSSR count). The summed E-state index contributed by atoms with van der Waals surface area (Å²) in [5.41, 5.74) is -0.897. The third kappa shape index (κ3) is 4.07. The van der Waals surface area contributed by atoms with E-state index in [0.717, 1.165) is 18.6 Å². The molecule has 1 heterocycles. The van der Waals surface area contributed by atoms with E-state index in [0.29, 0.717) is 13.0 Å². The number of urea groups is 1. The summed E-state index contributed by atoms with van der Waals surface area (Å²) in [7, 11) is 0. The van der Waals surface area contributed by atoms with Gasteiger partial charge in [0.25, 0.3) is 0 Å². The highest BCUT2D eigenvalue weighted by Gasteiger charge is 2.32. The smallest absolute Gasteiger partial charge is 0.416 e. The zero-order chi connectivity index (χ0) is 17.0. The van der Waals surface area contributed by atoms with Gasteiger partial charge in [0.2, 0.25) is 0 Å². The molecule has 0 saturated carbocycles. The first-order valence-corrected chi connectivity index (χ1v) is 7.39. The zero-order valence-corrected chi connectivity index (χ0v) is 12.7. The summed E-state index contributed by atoms with van der Waals surface area (Å²) < 4.78 is 43.8. The van der Waals surface area contributed by atoms with Crippen LogP contribution in [0.4, 0.5) is 23.7 Å². The number of benzene rings is 1. The van der Waals surface area contributed by atoms with Gasteiger partial charge in [0.05, 0.1) is 30.5 Å². The lowest BCUT2D eigenvalue weighted by Crippen LogP contribution is -2.40. The van der Waals surface area contributed by atoms with Gasteiger partial charge in [-0.15, -0.1) is 0 Å². The van der Waals surface area contributed by atoms with E-state index >= 15 is 0 Å². The average Bonchev–Trinajstić information content (AvgIpc) is 2.96. The molecule has 0 aromatic heterocycles. The number of halogens is 3. The Bertz CT molecular complexity index is 563. The minimum absolute atomic E-state index is 0.0322. The molecule has 2 N–H and O–H groups in total. The lowest BCUT2D eigenvalue weighted by Gasteiger charge is -2.24. The van der Waals surface area contributed by atoms with Crippen molar-refractivity contribution in [3.8, 4) is 5.75 Å². The number of carbonyl (C=O) groups is 1. The second-order valence-corrected chi connectivity index (χ2v) is 5.24. The maximum atomic E-state index is 12.8. The molecule has 1 aliphatic rings. The Balaban J connectivity index is 2.24. The third-order valence-corrected chi connectivity index (χ3v) is 3.70. The van der Waals surface area contributed by atoms with E-state index in [4.69, 9.17) is 4.74 Å². The van der Waals surface area contributed by atoms with Gasteiger partial charge in [-0.2, -0.15) is 13.2 Å². The largest absolute Gasteiger partial charge is 0.492 e. The molecule has 1 saturated heterocycles. The van der Waals surface area contributed by atoms with Gasteiger partial charge in [-0.05, 0) is 38.0 Å². The fourth-order valence-corrected chi connectivity index (χ4v) is 2.57. The van der Waals surface area contributed by atoms with Crippen molar-refractivity contribution < 1.29 is 27.8 Å². The number of aliphatic hydroxyl groups excluding tert-OH is 1. The van der Waals surface area contributed by atoms with Crippen molar-refractivity contribution >= 4 is 11.7 Å². The minimum Gasteiger partial charge on any atom is -0.492 e. The molecule has 1 aromatic carbocycles. The van der Waals surface area contributed by atoms with Crippen LogP contribution >= 0.6 is 0 Å². The molecular weight excluding hydrogens is 313 g/mol. The van der Waals surface area contributed by atoms with E-state index < -0.39 is 17.8 Å². The molecule has 2 amide bonds. The van der Waals surface area contributed by atoms with Crippen LogP contribution in [-0.4, -0.2) is 41.8 Å². The molecule has 128 valence electrons. The van der Waals surface area contributed by atoms with Crippen LogP contribution in [-0.2, 0) is 6.18 Å². The van der Waals surface area contributed by atoms with Crippen molar-refractivity contribution in [2.24, 2.45) is 0 Å². The fourth-order valence-electron chi connectivity index (χ4n) is 2.57. The summed E-state index contributed by atoms with van der Waals surface area (Å²) in [5, 5.41) is 11.7. The first-order valence-electron chi connectivity index (χ1n) is 7.39. The number of ether oxygens (including phenoxy) is 1.